The van der Waals surface area contributed by atoms with Crippen LogP contribution in [0.2, 0.25) is 5.02 Å². The summed E-state index contributed by atoms with van der Waals surface area (Å²) < 4.78 is 41.8. The summed E-state index contributed by atoms with van der Waals surface area (Å²) in [5, 5.41) is 0.369. The molecule has 0 spiro atoms. The lowest BCUT2D eigenvalue weighted by Gasteiger charge is -2.31. The molecule has 132 valence electrons. The first kappa shape index (κ1) is 17.1. The van der Waals surface area contributed by atoms with E-state index in [0.29, 0.717) is 22.0 Å². The predicted molar refractivity (Wildman–Crippen MR) is 99.6 cm³/mol. The van der Waals surface area contributed by atoms with Crippen LogP contribution in [0.3, 0.4) is 0 Å². The summed E-state index contributed by atoms with van der Waals surface area (Å²) in [4.78, 5) is 6.71. The monoisotopic (exact) mass is 407 g/mol. The van der Waals surface area contributed by atoms with E-state index in [0.717, 1.165) is 4.31 Å². The van der Waals surface area contributed by atoms with Crippen molar-refractivity contribution in [1.29, 1.82) is 0 Å². The van der Waals surface area contributed by atoms with E-state index >= 15 is 0 Å². The molecule has 4 rings (SSSR count). The molecule has 0 atom stereocenters. The number of benzene rings is 2. The van der Waals surface area contributed by atoms with Crippen molar-refractivity contribution in [3.05, 3.63) is 69.8 Å². The Kier molecular flexibility index (Phi) is 4.06. The number of hydrogen-bond donors (Lipinski definition) is 1. The summed E-state index contributed by atoms with van der Waals surface area (Å²) in [7, 11) is -3.98. The van der Waals surface area contributed by atoms with Gasteiger partial charge < -0.3 is 4.98 Å². The van der Waals surface area contributed by atoms with Crippen molar-refractivity contribution in [3.63, 3.8) is 0 Å². The zero-order chi connectivity index (χ0) is 18.5. The van der Waals surface area contributed by atoms with E-state index in [-0.39, 0.29) is 21.8 Å². The Hall–Kier alpha value is -2.29. The van der Waals surface area contributed by atoms with Crippen molar-refractivity contribution in [3.8, 4) is 11.3 Å². The molecule has 0 unspecified atom stereocenters. The Morgan fingerprint density at radius 2 is 2.00 bits per heavy atom. The summed E-state index contributed by atoms with van der Waals surface area (Å²) in [6.07, 6.45) is 1.22. The minimum Gasteiger partial charge on any atom is -0.329 e. The van der Waals surface area contributed by atoms with Gasteiger partial charge >= 0.3 is 0 Å². The molecule has 0 saturated carbocycles. The molecule has 0 amide bonds. The highest BCUT2D eigenvalue weighted by molar-refractivity contribution is 7.93. The maximum atomic E-state index is 14.1. The number of nitrogens with one attached hydrogen (secondary N) is 1. The zero-order valence-corrected chi connectivity index (χ0v) is 15.5. The van der Waals surface area contributed by atoms with E-state index in [1.807, 2.05) is 0 Å². The van der Waals surface area contributed by atoms with Crippen LogP contribution in [-0.4, -0.2) is 18.4 Å². The Morgan fingerprint density at radius 1 is 1.23 bits per heavy atom. The fourth-order valence-electron chi connectivity index (χ4n) is 2.90. The second kappa shape index (κ2) is 6.15. The minimum absolute atomic E-state index is 0.0164. The second-order valence-electron chi connectivity index (χ2n) is 5.69. The maximum Gasteiger partial charge on any atom is 0.268 e. The standard InChI is InChI=1S/C17H11ClFN3O2S2/c18-11-5-6-12-14(7-11)22(9-10-3-1-2-4-13(10)19)26(23,24)15-8-20-17(25)21-16(12)15/h1-8H,9H2,(H,20,21,25). The van der Waals surface area contributed by atoms with Crippen molar-refractivity contribution < 1.29 is 12.8 Å². The van der Waals surface area contributed by atoms with Gasteiger partial charge in [-0.15, -0.1) is 0 Å². The van der Waals surface area contributed by atoms with Crippen LogP contribution in [0.1, 0.15) is 5.56 Å². The van der Waals surface area contributed by atoms with Crippen molar-refractivity contribution in [2.24, 2.45) is 0 Å². The molecule has 1 aliphatic rings. The third-order valence-electron chi connectivity index (χ3n) is 4.12. The highest BCUT2D eigenvalue weighted by Gasteiger charge is 2.36. The largest absolute Gasteiger partial charge is 0.329 e. The molecular weight excluding hydrogens is 397 g/mol. The molecule has 9 heteroatoms. The highest BCUT2D eigenvalue weighted by atomic mass is 35.5. The van der Waals surface area contributed by atoms with Crippen LogP contribution in [0.25, 0.3) is 11.3 Å². The van der Waals surface area contributed by atoms with Gasteiger partial charge in [0.1, 0.15) is 10.7 Å². The van der Waals surface area contributed by atoms with E-state index in [9.17, 15) is 12.8 Å². The molecule has 1 N–H and O–H groups in total. The van der Waals surface area contributed by atoms with Crippen LogP contribution in [0, 0.1) is 10.6 Å². The van der Waals surface area contributed by atoms with Gasteiger partial charge in [0.15, 0.2) is 4.77 Å². The third kappa shape index (κ3) is 2.70. The van der Waals surface area contributed by atoms with Crippen molar-refractivity contribution >= 4 is 39.5 Å². The molecule has 5 nitrogen and oxygen atoms in total. The molecule has 26 heavy (non-hydrogen) atoms. The zero-order valence-electron chi connectivity index (χ0n) is 13.1. The van der Waals surface area contributed by atoms with Crippen LogP contribution in [0.5, 0.6) is 0 Å². The van der Waals surface area contributed by atoms with E-state index in [1.165, 1.54) is 18.3 Å². The van der Waals surface area contributed by atoms with E-state index < -0.39 is 15.8 Å². The highest BCUT2D eigenvalue weighted by Crippen LogP contribution is 2.43. The van der Waals surface area contributed by atoms with Gasteiger partial charge in [0.25, 0.3) is 10.0 Å². The Morgan fingerprint density at radius 3 is 2.77 bits per heavy atom. The lowest BCUT2D eigenvalue weighted by atomic mass is 10.1. The van der Waals surface area contributed by atoms with E-state index in [4.69, 9.17) is 23.8 Å². The molecule has 3 aromatic rings. The van der Waals surface area contributed by atoms with Crippen molar-refractivity contribution in [2.75, 3.05) is 4.31 Å². The van der Waals surface area contributed by atoms with Gasteiger partial charge in [0.05, 0.1) is 24.1 Å². The van der Waals surface area contributed by atoms with Crippen LogP contribution in [0.4, 0.5) is 10.1 Å². The Bertz CT molecular complexity index is 1190. The SMILES string of the molecule is O=S1(=O)c2cnc(=S)[nH]c2-c2ccc(Cl)cc2N1Cc1ccccc1F. The van der Waals surface area contributed by atoms with Crippen molar-refractivity contribution in [1.82, 2.24) is 9.97 Å². The predicted octanol–water partition coefficient (Wildman–Crippen LogP) is 4.31. The summed E-state index contributed by atoms with van der Waals surface area (Å²) in [6.45, 7) is -0.169. The average Bonchev–Trinajstić information content (AvgIpc) is 2.59. The molecule has 2 aromatic carbocycles. The first-order valence-electron chi connectivity index (χ1n) is 7.53. The molecule has 2 heterocycles. The quantitative estimate of drug-likeness (QED) is 0.643. The first-order chi connectivity index (χ1) is 12.4. The summed E-state index contributed by atoms with van der Waals surface area (Å²) >= 11 is 11.1. The van der Waals surface area contributed by atoms with E-state index in [2.05, 4.69) is 9.97 Å². The number of halogens is 2. The number of nitrogens with zero attached hydrogens (tertiary/aromatic N) is 2. The molecule has 0 fully saturated rings. The lowest BCUT2D eigenvalue weighted by Crippen LogP contribution is -2.34. The average molecular weight is 408 g/mol. The number of fused-ring (bicyclic) bond motifs is 3. The number of aromatic amines is 1. The van der Waals surface area contributed by atoms with Gasteiger partial charge in [0.2, 0.25) is 0 Å². The molecular formula is C17H11ClFN3O2S2. The second-order valence-corrected chi connectivity index (χ2v) is 8.35. The Labute approximate surface area is 159 Å². The molecule has 1 aliphatic heterocycles. The maximum absolute atomic E-state index is 14.1. The number of rotatable bonds is 2. The van der Waals surface area contributed by atoms with Crippen LogP contribution >= 0.6 is 23.8 Å². The van der Waals surface area contributed by atoms with Gasteiger partial charge in [-0.05, 0) is 36.5 Å². The van der Waals surface area contributed by atoms with Gasteiger partial charge in [-0.25, -0.2) is 17.8 Å². The van der Waals surface area contributed by atoms with Crippen LogP contribution in [-0.2, 0) is 16.6 Å². The normalized spacial score (nSPS) is 14.6. The topological polar surface area (TPSA) is 66.1 Å². The van der Waals surface area contributed by atoms with Gasteiger partial charge in [0, 0.05) is 16.1 Å². The van der Waals surface area contributed by atoms with Crippen LogP contribution in [0.15, 0.2) is 53.6 Å². The summed E-state index contributed by atoms with van der Waals surface area (Å²) in [5.74, 6) is -0.484. The first-order valence-corrected chi connectivity index (χ1v) is 9.76. The number of H-pyrrole nitrogens is 1. The number of anilines is 1. The van der Waals surface area contributed by atoms with Gasteiger partial charge in [-0.2, -0.15) is 0 Å². The van der Waals surface area contributed by atoms with Gasteiger partial charge in [-0.1, -0.05) is 29.8 Å². The van der Waals surface area contributed by atoms with E-state index in [1.54, 1.807) is 30.3 Å². The molecule has 0 bridgehead atoms. The molecule has 0 radical (unpaired) electrons. The minimum atomic E-state index is -3.98. The summed E-state index contributed by atoms with van der Waals surface area (Å²) in [5.41, 5.74) is 1.55. The summed E-state index contributed by atoms with van der Waals surface area (Å²) in [6, 6.07) is 10.9. The molecule has 0 saturated heterocycles. The number of aromatic nitrogens is 2. The van der Waals surface area contributed by atoms with Crippen molar-refractivity contribution in [2.45, 2.75) is 11.4 Å². The molecule has 0 aliphatic carbocycles. The van der Waals surface area contributed by atoms with Gasteiger partial charge in [-0.3, -0.25) is 4.31 Å². The smallest absolute Gasteiger partial charge is 0.268 e. The lowest BCUT2D eigenvalue weighted by molar-refractivity contribution is 0.583. The number of hydrogen-bond acceptors (Lipinski definition) is 4. The Balaban J connectivity index is 1.98. The van der Waals surface area contributed by atoms with Crippen LogP contribution < -0.4 is 4.31 Å². The molecule has 1 aromatic heterocycles. The fraction of sp³-hybridized carbons (Fsp3) is 0.0588. The third-order valence-corrected chi connectivity index (χ3v) is 6.33. The number of sulfonamides is 1. The fourth-order valence-corrected chi connectivity index (χ4v) is 4.78.